The molecule has 0 unspecified atom stereocenters. The third-order valence-corrected chi connectivity index (χ3v) is 4.96. The Morgan fingerprint density at radius 1 is 1.43 bits per heavy atom. The number of carbonyl (C=O) groups excluding carboxylic acids is 1. The van der Waals surface area contributed by atoms with Crippen LogP contribution in [-0.4, -0.2) is 29.5 Å². The number of hydrogen-bond donors (Lipinski definition) is 2. The lowest BCUT2D eigenvalue weighted by Crippen LogP contribution is -2.45. The minimum Gasteiger partial charge on any atom is -0.351 e. The summed E-state index contributed by atoms with van der Waals surface area (Å²) in [6.45, 7) is 8.33. The van der Waals surface area contributed by atoms with Crippen LogP contribution in [-0.2, 0) is 11.2 Å². The summed E-state index contributed by atoms with van der Waals surface area (Å²) < 4.78 is 0. The van der Waals surface area contributed by atoms with E-state index in [-0.39, 0.29) is 17.4 Å². The number of amides is 1. The van der Waals surface area contributed by atoms with Crippen molar-refractivity contribution in [2.45, 2.75) is 39.2 Å². The first-order valence-corrected chi connectivity index (χ1v) is 7.91. The molecule has 1 aliphatic carbocycles. The number of nitrogens with one attached hydrogen (secondary N) is 2. The fourth-order valence-electron chi connectivity index (χ4n) is 3.50. The molecule has 1 aromatic rings. The van der Waals surface area contributed by atoms with Crippen LogP contribution in [0.2, 0.25) is 0 Å². The largest absolute Gasteiger partial charge is 0.351 e. The first-order chi connectivity index (χ1) is 9.98. The van der Waals surface area contributed by atoms with Crippen LogP contribution < -0.4 is 10.6 Å². The molecule has 3 rings (SSSR count). The Bertz CT molecular complexity index is 531. The highest BCUT2D eigenvalue weighted by Crippen LogP contribution is 2.48. The molecule has 4 heteroatoms. The molecule has 2 aliphatic rings. The van der Waals surface area contributed by atoms with Crippen LogP contribution in [0, 0.1) is 24.7 Å². The Labute approximate surface area is 126 Å². The molecule has 4 nitrogen and oxygen atoms in total. The lowest BCUT2D eigenvalue weighted by molar-refractivity contribution is -0.124. The third-order valence-electron chi connectivity index (χ3n) is 4.96. The predicted molar refractivity (Wildman–Crippen MR) is 82.9 cm³/mol. The second-order valence-corrected chi connectivity index (χ2v) is 7.15. The van der Waals surface area contributed by atoms with Crippen molar-refractivity contribution in [3.05, 3.63) is 29.6 Å². The zero-order valence-electron chi connectivity index (χ0n) is 13.1. The van der Waals surface area contributed by atoms with Crippen LogP contribution in [0.15, 0.2) is 18.3 Å². The molecule has 0 bridgehead atoms. The number of pyridine rings is 1. The van der Waals surface area contributed by atoms with E-state index >= 15 is 0 Å². The van der Waals surface area contributed by atoms with Gasteiger partial charge in [0.25, 0.3) is 0 Å². The zero-order chi connectivity index (χ0) is 15.0. The second-order valence-electron chi connectivity index (χ2n) is 7.15. The molecule has 1 amide bonds. The van der Waals surface area contributed by atoms with Crippen molar-refractivity contribution >= 4 is 5.91 Å². The van der Waals surface area contributed by atoms with Crippen molar-refractivity contribution < 1.29 is 4.79 Å². The lowest BCUT2D eigenvalue weighted by atomic mass is 9.95. The van der Waals surface area contributed by atoms with Crippen molar-refractivity contribution in [3.63, 3.8) is 0 Å². The number of fused-ring (bicyclic) bond motifs is 1. The number of aromatic nitrogens is 1. The molecule has 0 radical (unpaired) electrons. The highest BCUT2D eigenvalue weighted by molar-refractivity contribution is 5.83. The Balaban J connectivity index is 1.52. The standard InChI is InChI=1S/C17H25N3O/c1-11-5-4-8-19-14(11)6-7-17(2,3)20-16(21)15-12-9-18-10-13(12)15/h4-5,8,12-13,15,18H,6-7,9-10H2,1-3H3,(H,20,21)/t12-,13+,15+. The quantitative estimate of drug-likeness (QED) is 0.866. The topological polar surface area (TPSA) is 54.0 Å². The van der Waals surface area contributed by atoms with Gasteiger partial charge >= 0.3 is 0 Å². The Morgan fingerprint density at radius 3 is 2.81 bits per heavy atom. The van der Waals surface area contributed by atoms with Gasteiger partial charge in [-0.3, -0.25) is 9.78 Å². The van der Waals surface area contributed by atoms with Crippen LogP contribution in [0.3, 0.4) is 0 Å². The second kappa shape index (κ2) is 5.41. The molecule has 1 saturated heterocycles. The van der Waals surface area contributed by atoms with Gasteiger partial charge in [0.15, 0.2) is 0 Å². The fourth-order valence-corrected chi connectivity index (χ4v) is 3.50. The van der Waals surface area contributed by atoms with E-state index in [2.05, 4.69) is 42.5 Å². The molecular formula is C17H25N3O. The summed E-state index contributed by atoms with van der Waals surface area (Å²) in [7, 11) is 0. The summed E-state index contributed by atoms with van der Waals surface area (Å²) in [5.74, 6) is 1.66. The Hall–Kier alpha value is -1.42. The molecule has 1 saturated carbocycles. The number of aryl methyl sites for hydroxylation is 2. The molecular weight excluding hydrogens is 262 g/mol. The third kappa shape index (κ3) is 3.10. The molecule has 0 spiro atoms. The molecule has 2 N–H and O–H groups in total. The fraction of sp³-hybridized carbons (Fsp3) is 0.647. The summed E-state index contributed by atoms with van der Waals surface area (Å²) in [5, 5.41) is 6.58. The van der Waals surface area contributed by atoms with Crippen LogP contribution in [0.4, 0.5) is 0 Å². The van der Waals surface area contributed by atoms with Gasteiger partial charge in [-0.15, -0.1) is 0 Å². The van der Waals surface area contributed by atoms with Crippen molar-refractivity contribution in [2.24, 2.45) is 17.8 Å². The number of nitrogens with zero attached hydrogens (tertiary/aromatic N) is 1. The van der Waals surface area contributed by atoms with E-state index in [9.17, 15) is 4.79 Å². The zero-order valence-corrected chi connectivity index (χ0v) is 13.1. The molecule has 2 heterocycles. The molecule has 3 atom stereocenters. The van der Waals surface area contributed by atoms with Crippen molar-refractivity contribution in [3.8, 4) is 0 Å². The van der Waals surface area contributed by atoms with Crippen molar-refractivity contribution in [1.29, 1.82) is 0 Å². The maximum absolute atomic E-state index is 12.4. The first kappa shape index (κ1) is 14.5. The van der Waals surface area contributed by atoms with Gasteiger partial charge in [0.2, 0.25) is 5.91 Å². The average Bonchev–Trinajstić information content (AvgIpc) is 2.92. The van der Waals surface area contributed by atoms with Gasteiger partial charge in [-0.05, 0) is 70.2 Å². The number of rotatable bonds is 5. The number of carbonyl (C=O) groups is 1. The summed E-state index contributed by atoms with van der Waals surface area (Å²) in [5.41, 5.74) is 2.18. The first-order valence-electron chi connectivity index (χ1n) is 7.91. The van der Waals surface area contributed by atoms with Gasteiger partial charge in [0.05, 0.1) is 0 Å². The smallest absolute Gasteiger partial charge is 0.224 e. The molecule has 0 aromatic carbocycles. The van der Waals surface area contributed by atoms with Crippen molar-refractivity contribution in [2.75, 3.05) is 13.1 Å². The highest BCUT2D eigenvalue weighted by atomic mass is 16.2. The minimum atomic E-state index is -0.175. The normalized spacial score (nSPS) is 27.3. The maximum atomic E-state index is 12.4. The van der Waals surface area contributed by atoms with Crippen LogP contribution in [0.5, 0.6) is 0 Å². The highest BCUT2D eigenvalue weighted by Gasteiger charge is 2.57. The van der Waals surface area contributed by atoms with Gasteiger partial charge in [0.1, 0.15) is 0 Å². The van der Waals surface area contributed by atoms with Crippen LogP contribution >= 0.6 is 0 Å². The van der Waals surface area contributed by atoms with E-state index in [1.54, 1.807) is 0 Å². The predicted octanol–water partition coefficient (Wildman–Crippen LogP) is 1.68. The van der Waals surface area contributed by atoms with Gasteiger partial charge in [-0.1, -0.05) is 6.07 Å². The maximum Gasteiger partial charge on any atom is 0.224 e. The van der Waals surface area contributed by atoms with Gasteiger partial charge in [-0.25, -0.2) is 0 Å². The van der Waals surface area contributed by atoms with E-state index in [0.717, 1.165) is 31.6 Å². The molecule has 21 heavy (non-hydrogen) atoms. The van der Waals surface area contributed by atoms with E-state index < -0.39 is 0 Å². The minimum absolute atomic E-state index is 0.175. The SMILES string of the molecule is Cc1cccnc1CCC(C)(C)NC(=O)[C@H]1[C@@H]2CNC[C@@H]21. The van der Waals surface area contributed by atoms with Gasteiger partial charge < -0.3 is 10.6 Å². The molecule has 114 valence electrons. The summed E-state index contributed by atoms with van der Waals surface area (Å²) in [4.78, 5) is 16.8. The van der Waals surface area contributed by atoms with Crippen molar-refractivity contribution in [1.82, 2.24) is 15.6 Å². The van der Waals surface area contributed by atoms with E-state index in [1.165, 1.54) is 5.56 Å². The number of piperidine rings is 1. The summed E-state index contributed by atoms with van der Waals surface area (Å²) in [6, 6.07) is 4.05. The van der Waals surface area contributed by atoms with E-state index in [1.807, 2.05) is 12.3 Å². The van der Waals surface area contributed by atoms with E-state index in [4.69, 9.17) is 0 Å². The summed E-state index contributed by atoms with van der Waals surface area (Å²) >= 11 is 0. The lowest BCUT2D eigenvalue weighted by Gasteiger charge is -2.27. The Kier molecular flexibility index (Phi) is 3.74. The van der Waals surface area contributed by atoms with Crippen LogP contribution in [0.25, 0.3) is 0 Å². The van der Waals surface area contributed by atoms with Gasteiger partial charge in [-0.2, -0.15) is 0 Å². The monoisotopic (exact) mass is 287 g/mol. The van der Waals surface area contributed by atoms with Crippen LogP contribution in [0.1, 0.15) is 31.5 Å². The number of hydrogen-bond acceptors (Lipinski definition) is 3. The van der Waals surface area contributed by atoms with Gasteiger partial charge in [0, 0.05) is 23.3 Å². The molecule has 2 fully saturated rings. The van der Waals surface area contributed by atoms with E-state index in [0.29, 0.717) is 11.8 Å². The molecule has 1 aromatic heterocycles. The average molecular weight is 287 g/mol. The molecule has 1 aliphatic heterocycles. The summed E-state index contributed by atoms with van der Waals surface area (Å²) in [6.07, 6.45) is 3.65. The Morgan fingerprint density at radius 2 is 2.14 bits per heavy atom.